The van der Waals surface area contributed by atoms with Crippen molar-refractivity contribution in [1.29, 1.82) is 0 Å². The molecule has 1 aliphatic heterocycles. The summed E-state index contributed by atoms with van der Waals surface area (Å²) in [4.78, 5) is 25.2. The van der Waals surface area contributed by atoms with E-state index in [1.54, 1.807) is 43.3 Å². The molecule has 31 heavy (non-hydrogen) atoms. The van der Waals surface area contributed by atoms with Crippen molar-refractivity contribution in [2.24, 2.45) is 5.92 Å². The number of nitrogens with zero attached hydrogens (tertiary/aromatic N) is 1. The summed E-state index contributed by atoms with van der Waals surface area (Å²) in [5, 5.41) is 5.45. The second-order valence-electron chi connectivity index (χ2n) is 7.46. The number of hydrogen-bond acceptors (Lipinski definition) is 5. The Morgan fingerprint density at radius 2 is 1.77 bits per heavy atom. The Morgan fingerprint density at radius 3 is 2.42 bits per heavy atom. The first-order valence-electron chi connectivity index (χ1n) is 10.1. The topological polar surface area (TPSA) is 105 Å². The van der Waals surface area contributed by atoms with E-state index in [0.717, 1.165) is 0 Å². The summed E-state index contributed by atoms with van der Waals surface area (Å²) in [5.41, 5.74) is 0.642. The third-order valence-electron chi connectivity index (χ3n) is 5.25. The van der Waals surface area contributed by atoms with Crippen molar-refractivity contribution >= 4 is 27.5 Å². The van der Waals surface area contributed by atoms with E-state index >= 15 is 0 Å². The second kappa shape index (κ2) is 9.93. The molecule has 1 aliphatic rings. The Balaban J connectivity index is 1.61. The van der Waals surface area contributed by atoms with Crippen molar-refractivity contribution in [3.8, 4) is 5.75 Å². The van der Waals surface area contributed by atoms with Crippen LogP contribution < -0.4 is 15.4 Å². The van der Waals surface area contributed by atoms with Gasteiger partial charge >= 0.3 is 0 Å². The van der Waals surface area contributed by atoms with Gasteiger partial charge in [0.1, 0.15) is 11.8 Å². The molecule has 3 rings (SSSR count). The maximum Gasteiger partial charge on any atom is 0.246 e. The molecule has 8 nitrogen and oxygen atoms in total. The normalized spacial score (nSPS) is 18.1. The Bertz CT molecular complexity index is 1010. The molecule has 0 radical (unpaired) electrons. The number of piperidine rings is 1. The lowest BCUT2D eigenvalue weighted by Gasteiger charge is -2.31. The van der Waals surface area contributed by atoms with Gasteiger partial charge < -0.3 is 15.4 Å². The third-order valence-corrected chi connectivity index (χ3v) is 7.12. The molecule has 2 N–H and O–H groups in total. The minimum Gasteiger partial charge on any atom is -0.497 e. The molecule has 2 aromatic carbocycles. The van der Waals surface area contributed by atoms with E-state index in [0.29, 0.717) is 30.8 Å². The van der Waals surface area contributed by atoms with Crippen molar-refractivity contribution in [2.75, 3.05) is 25.5 Å². The number of hydrogen-bond donors (Lipinski definition) is 2. The molecular formula is C22H27N3O5S. The average Bonchev–Trinajstić information content (AvgIpc) is 2.79. The highest BCUT2D eigenvalue weighted by molar-refractivity contribution is 7.89. The molecule has 2 atom stereocenters. The third kappa shape index (κ3) is 5.62. The standard InChI is InChI=1S/C22H27N3O5S/c1-16(21(26)24-18-8-4-3-5-9-18)23-22(27)17-7-6-14-25(15-17)31(28,29)20-12-10-19(30-2)11-13-20/h3-5,8-13,16-17H,6-7,14-15H2,1-2H3,(H,23,27)(H,24,26)/t16-,17?/m0/s1. The van der Waals surface area contributed by atoms with Crippen LogP contribution in [0, 0.1) is 5.92 Å². The van der Waals surface area contributed by atoms with Crippen molar-refractivity contribution in [3.63, 3.8) is 0 Å². The number of rotatable bonds is 7. The first kappa shape index (κ1) is 22.8. The highest BCUT2D eigenvalue weighted by Gasteiger charge is 2.34. The van der Waals surface area contributed by atoms with Crippen molar-refractivity contribution < 1.29 is 22.7 Å². The number of ether oxygens (including phenoxy) is 1. The number of anilines is 1. The van der Waals surface area contributed by atoms with Gasteiger partial charge in [-0.05, 0) is 56.2 Å². The minimum atomic E-state index is -3.72. The highest BCUT2D eigenvalue weighted by Crippen LogP contribution is 2.25. The second-order valence-corrected chi connectivity index (χ2v) is 9.40. The van der Waals surface area contributed by atoms with Crippen LogP contribution in [0.25, 0.3) is 0 Å². The molecule has 0 aromatic heterocycles. The average molecular weight is 446 g/mol. The molecular weight excluding hydrogens is 418 g/mol. The maximum absolute atomic E-state index is 13.0. The minimum absolute atomic E-state index is 0.0766. The predicted molar refractivity (Wildman–Crippen MR) is 117 cm³/mol. The van der Waals surface area contributed by atoms with Gasteiger partial charge in [-0.15, -0.1) is 0 Å². The molecule has 0 spiro atoms. The lowest BCUT2D eigenvalue weighted by molar-refractivity contribution is -0.129. The zero-order valence-corrected chi connectivity index (χ0v) is 18.4. The van der Waals surface area contributed by atoms with E-state index in [-0.39, 0.29) is 23.3 Å². The lowest BCUT2D eigenvalue weighted by Crippen LogP contribution is -2.49. The van der Waals surface area contributed by atoms with E-state index in [4.69, 9.17) is 4.74 Å². The molecule has 0 bridgehead atoms. The number of sulfonamides is 1. The number of nitrogens with one attached hydrogen (secondary N) is 2. The van der Waals surface area contributed by atoms with Gasteiger partial charge in [-0.1, -0.05) is 18.2 Å². The summed E-state index contributed by atoms with van der Waals surface area (Å²) in [6.07, 6.45) is 1.13. The van der Waals surface area contributed by atoms with Crippen LogP contribution in [0.4, 0.5) is 5.69 Å². The summed E-state index contributed by atoms with van der Waals surface area (Å²) in [5.74, 6) is -0.616. The number of para-hydroxylation sites is 1. The van der Waals surface area contributed by atoms with Gasteiger partial charge in [-0.3, -0.25) is 9.59 Å². The fourth-order valence-corrected chi connectivity index (χ4v) is 4.96. The first-order valence-corrected chi connectivity index (χ1v) is 11.6. The smallest absolute Gasteiger partial charge is 0.246 e. The molecule has 1 fully saturated rings. The fourth-order valence-electron chi connectivity index (χ4n) is 3.44. The largest absolute Gasteiger partial charge is 0.497 e. The van der Waals surface area contributed by atoms with Crippen molar-refractivity contribution in [2.45, 2.75) is 30.7 Å². The van der Waals surface area contributed by atoms with Gasteiger partial charge in [0.05, 0.1) is 17.9 Å². The summed E-state index contributed by atoms with van der Waals surface area (Å²) in [6, 6.07) is 14.4. The van der Waals surface area contributed by atoms with E-state index in [1.807, 2.05) is 6.07 Å². The zero-order valence-electron chi connectivity index (χ0n) is 17.6. The highest BCUT2D eigenvalue weighted by atomic mass is 32.2. The maximum atomic E-state index is 13.0. The van der Waals surface area contributed by atoms with Gasteiger partial charge in [0.25, 0.3) is 0 Å². The van der Waals surface area contributed by atoms with Crippen LogP contribution in [0.3, 0.4) is 0 Å². The van der Waals surface area contributed by atoms with Crippen LogP contribution in [0.15, 0.2) is 59.5 Å². The van der Waals surface area contributed by atoms with Gasteiger partial charge in [-0.2, -0.15) is 4.31 Å². The SMILES string of the molecule is COc1ccc(S(=O)(=O)N2CCCC(C(=O)N[C@@H](C)C(=O)Nc3ccccc3)C2)cc1. The van der Waals surface area contributed by atoms with Crippen molar-refractivity contribution in [3.05, 3.63) is 54.6 Å². The lowest BCUT2D eigenvalue weighted by atomic mass is 9.98. The summed E-state index contributed by atoms with van der Waals surface area (Å²) >= 11 is 0. The molecule has 0 aliphatic carbocycles. The van der Waals surface area contributed by atoms with Crippen molar-refractivity contribution in [1.82, 2.24) is 9.62 Å². The Kier molecular flexibility index (Phi) is 7.29. The van der Waals surface area contributed by atoms with Gasteiger partial charge in [0.2, 0.25) is 21.8 Å². The molecule has 2 amide bonds. The molecule has 0 saturated carbocycles. The van der Waals surface area contributed by atoms with Crippen LogP contribution in [-0.4, -0.2) is 50.8 Å². The molecule has 2 aromatic rings. The van der Waals surface area contributed by atoms with Crippen LogP contribution in [-0.2, 0) is 19.6 Å². The monoisotopic (exact) mass is 445 g/mol. The predicted octanol–water partition coefficient (Wildman–Crippen LogP) is 2.24. The number of benzene rings is 2. The Hall–Kier alpha value is -2.91. The Morgan fingerprint density at radius 1 is 1.10 bits per heavy atom. The van der Waals surface area contributed by atoms with E-state index in [1.165, 1.54) is 23.5 Å². The summed E-state index contributed by atoms with van der Waals surface area (Å²) < 4.78 is 32.4. The summed E-state index contributed by atoms with van der Waals surface area (Å²) in [6.45, 7) is 2.03. The van der Waals surface area contributed by atoms with Crippen LogP contribution in [0.5, 0.6) is 5.75 Å². The molecule has 1 heterocycles. The molecule has 166 valence electrons. The molecule has 1 unspecified atom stereocenters. The Labute approximate surface area is 182 Å². The van der Waals surface area contributed by atoms with Gasteiger partial charge in [-0.25, -0.2) is 8.42 Å². The van der Waals surface area contributed by atoms with Crippen LogP contribution in [0.2, 0.25) is 0 Å². The van der Waals surface area contributed by atoms with E-state index in [9.17, 15) is 18.0 Å². The quantitative estimate of drug-likeness (QED) is 0.680. The van der Waals surface area contributed by atoms with Gasteiger partial charge in [0, 0.05) is 18.8 Å². The number of carbonyl (C=O) groups excluding carboxylic acids is 2. The van der Waals surface area contributed by atoms with Crippen LogP contribution in [0.1, 0.15) is 19.8 Å². The zero-order chi connectivity index (χ0) is 22.4. The fraction of sp³-hybridized carbons (Fsp3) is 0.364. The van der Waals surface area contributed by atoms with E-state index in [2.05, 4.69) is 10.6 Å². The summed E-state index contributed by atoms with van der Waals surface area (Å²) in [7, 11) is -2.21. The number of amides is 2. The number of methoxy groups -OCH3 is 1. The van der Waals surface area contributed by atoms with Gasteiger partial charge in [0.15, 0.2) is 0 Å². The van der Waals surface area contributed by atoms with Crippen LogP contribution >= 0.6 is 0 Å². The molecule has 9 heteroatoms. The van der Waals surface area contributed by atoms with E-state index < -0.39 is 22.0 Å². The first-order chi connectivity index (χ1) is 14.8. The molecule has 1 saturated heterocycles. The number of carbonyl (C=O) groups is 2.